The van der Waals surface area contributed by atoms with Crippen molar-refractivity contribution in [3.05, 3.63) is 41.6 Å². The van der Waals surface area contributed by atoms with Gasteiger partial charge in [-0.3, -0.25) is 4.68 Å². The number of nitrogens with zero attached hydrogens (tertiary/aromatic N) is 2. The van der Waals surface area contributed by atoms with E-state index in [0.717, 1.165) is 11.1 Å². The smallest absolute Gasteiger partial charge is 0.354 e. The maximum atomic E-state index is 11.1. The van der Waals surface area contributed by atoms with Crippen molar-refractivity contribution in [1.29, 1.82) is 0 Å². The molecule has 0 radical (unpaired) electrons. The number of aromatic nitrogens is 2. The number of aliphatic hydroxyl groups is 1. The average molecular weight is 246 g/mol. The van der Waals surface area contributed by atoms with E-state index in [1.807, 2.05) is 31.2 Å². The molecule has 2 aromatic rings. The molecule has 0 bridgehead atoms. The van der Waals surface area contributed by atoms with Crippen LogP contribution in [-0.2, 0) is 6.54 Å². The van der Waals surface area contributed by atoms with E-state index in [2.05, 4.69) is 5.10 Å². The average Bonchev–Trinajstić information content (AvgIpc) is 2.75. The zero-order valence-corrected chi connectivity index (χ0v) is 10.00. The Hall–Kier alpha value is -2.14. The third-order valence-corrected chi connectivity index (χ3v) is 2.66. The number of aryl methyl sites for hydroxylation is 1. The van der Waals surface area contributed by atoms with Crippen LogP contribution in [0.2, 0.25) is 0 Å². The Balaban J connectivity index is 2.42. The second-order valence-electron chi connectivity index (χ2n) is 4.03. The van der Waals surface area contributed by atoms with E-state index in [1.165, 1.54) is 10.7 Å². The SMILES string of the molecule is Cc1ccc(-c2cc(C(=O)O)n(CCO)n2)cc1. The van der Waals surface area contributed by atoms with Crippen molar-refractivity contribution < 1.29 is 15.0 Å². The van der Waals surface area contributed by atoms with E-state index < -0.39 is 5.97 Å². The lowest BCUT2D eigenvalue weighted by molar-refractivity contribution is 0.0681. The van der Waals surface area contributed by atoms with Gasteiger partial charge in [-0.1, -0.05) is 29.8 Å². The van der Waals surface area contributed by atoms with Crippen LogP contribution in [0.15, 0.2) is 30.3 Å². The molecule has 0 aliphatic heterocycles. The molecule has 5 nitrogen and oxygen atoms in total. The molecule has 1 heterocycles. The molecule has 2 rings (SSSR count). The van der Waals surface area contributed by atoms with Gasteiger partial charge in [-0.2, -0.15) is 5.10 Å². The van der Waals surface area contributed by atoms with Gasteiger partial charge in [0.25, 0.3) is 0 Å². The van der Waals surface area contributed by atoms with E-state index >= 15 is 0 Å². The second kappa shape index (κ2) is 5.01. The minimum Gasteiger partial charge on any atom is -0.477 e. The lowest BCUT2D eigenvalue weighted by atomic mass is 10.1. The predicted molar refractivity (Wildman–Crippen MR) is 66.4 cm³/mol. The van der Waals surface area contributed by atoms with Crippen LogP contribution in [0, 0.1) is 6.92 Å². The van der Waals surface area contributed by atoms with Crippen LogP contribution in [-0.4, -0.2) is 32.6 Å². The molecule has 0 fully saturated rings. The fourth-order valence-corrected chi connectivity index (χ4v) is 1.72. The molecule has 0 spiro atoms. The quantitative estimate of drug-likeness (QED) is 0.858. The van der Waals surface area contributed by atoms with Crippen LogP contribution in [0.5, 0.6) is 0 Å². The first-order chi connectivity index (χ1) is 8.61. The lowest BCUT2D eigenvalue weighted by Crippen LogP contribution is -2.12. The van der Waals surface area contributed by atoms with Crippen molar-refractivity contribution in [1.82, 2.24) is 9.78 Å². The maximum Gasteiger partial charge on any atom is 0.354 e. The van der Waals surface area contributed by atoms with Gasteiger partial charge in [0.05, 0.1) is 18.8 Å². The number of hydrogen-bond acceptors (Lipinski definition) is 3. The zero-order valence-electron chi connectivity index (χ0n) is 10.00. The molecule has 0 saturated heterocycles. The summed E-state index contributed by atoms with van der Waals surface area (Å²) in [4.78, 5) is 11.1. The Labute approximate surface area is 104 Å². The van der Waals surface area contributed by atoms with Gasteiger partial charge in [-0.25, -0.2) is 4.79 Å². The zero-order chi connectivity index (χ0) is 13.1. The van der Waals surface area contributed by atoms with Crippen LogP contribution in [0.1, 0.15) is 16.1 Å². The van der Waals surface area contributed by atoms with E-state index in [0.29, 0.717) is 5.69 Å². The summed E-state index contributed by atoms with van der Waals surface area (Å²) in [6, 6.07) is 9.20. The summed E-state index contributed by atoms with van der Waals surface area (Å²) in [6.45, 7) is 2.01. The maximum absolute atomic E-state index is 11.1. The summed E-state index contributed by atoms with van der Waals surface area (Å²) in [5.74, 6) is -1.05. The largest absolute Gasteiger partial charge is 0.477 e. The molecule has 5 heteroatoms. The summed E-state index contributed by atoms with van der Waals surface area (Å²) < 4.78 is 1.30. The monoisotopic (exact) mass is 246 g/mol. The number of benzene rings is 1. The van der Waals surface area contributed by atoms with Crippen LogP contribution in [0.3, 0.4) is 0 Å². The highest BCUT2D eigenvalue weighted by molar-refractivity contribution is 5.87. The number of aliphatic hydroxyl groups excluding tert-OH is 1. The molecule has 0 unspecified atom stereocenters. The first kappa shape index (κ1) is 12.3. The Bertz CT molecular complexity index is 558. The van der Waals surface area contributed by atoms with Gasteiger partial charge < -0.3 is 10.2 Å². The molecule has 0 saturated carbocycles. The van der Waals surface area contributed by atoms with E-state index in [-0.39, 0.29) is 18.8 Å². The van der Waals surface area contributed by atoms with Crippen molar-refractivity contribution in [2.45, 2.75) is 13.5 Å². The highest BCUT2D eigenvalue weighted by atomic mass is 16.4. The number of hydrogen-bond donors (Lipinski definition) is 2. The highest BCUT2D eigenvalue weighted by Crippen LogP contribution is 2.19. The molecular weight excluding hydrogens is 232 g/mol. The van der Waals surface area contributed by atoms with Gasteiger partial charge in [0.1, 0.15) is 5.69 Å². The highest BCUT2D eigenvalue weighted by Gasteiger charge is 2.14. The van der Waals surface area contributed by atoms with Crippen LogP contribution in [0.4, 0.5) is 0 Å². The van der Waals surface area contributed by atoms with Crippen LogP contribution >= 0.6 is 0 Å². The first-order valence-corrected chi connectivity index (χ1v) is 5.61. The topological polar surface area (TPSA) is 75.3 Å². The number of carboxylic acid groups (broad SMARTS) is 1. The standard InChI is InChI=1S/C13H14N2O3/c1-9-2-4-10(5-3-9)11-8-12(13(17)18)15(14-11)6-7-16/h2-5,8,16H,6-7H2,1H3,(H,17,18). The predicted octanol–water partition coefficient (Wildman–Crippen LogP) is 1.55. The molecule has 1 aromatic carbocycles. The molecular formula is C13H14N2O3. The minimum atomic E-state index is -1.05. The van der Waals surface area contributed by atoms with E-state index in [4.69, 9.17) is 10.2 Å². The van der Waals surface area contributed by atoms with E-state index in [9.17, 15) is 4.79 Å². The number of rotatable bonds is 4. The molecule has 94 valence electrons. The van der Waals surface area contributed by atoms with Gasteiger partial charge in [0, 0.05) is 5.56 Å². The Morgan fingerprint density at radius 1 is 1.33 bits per heavy atom. The van der Waals surface area contributed by atoms with Gasteiger partial charge in [-0.15, -0.1) is 0 Å². The molecule has 18 heavy (non-hydrogen) atoms. The second-order valence-corrected chi connectivity index (χ2v) is 4.03. The van der Waals surface area contributed by atoms with Crippen molar-refractivity contribution in [2.75, 3.05) is 6.61 Å². The van der Waals surface area contributed by atoms with Crippen molar-refractivity contribution in [3.8, 4) is 11.3 Å². The van der Waals surface area contributed by atoms with Gasteiger partial charge in [0.2, 0.25) is 0 Å². The lowest BCUT2D eigenvalue weighted by Gasteiger charge is -2.00. The third kappa shape index (κ3) is 2.41. The normalized spacial score (nSPS) is 10.6. The van der Waals surface area contributed by atoms with Gasteiger partial charge in [0.15, 0.2) is 0 Å². The van der Waals surface area contributed by atoms with Crippen molar-refractivity contribution >= 4 is 5.97 Å². The molecule has 1 aromatic heterocycles. The summed E-state index contributed by atoms with van der Waals surface area (Å²) in [7, 11) is 0. The fraction of sp³-hybridized carbons (Fsp3) is 0.231. The summed E-state index contributed by atoms with van der Waals surface area (Å²) >= 11 is 0. The van der Waals surface area contributed by atoms with Crippen molar-refractivity contribution in [3.63, 3.8) is 0 Å². The fourth-order valence-electron chi connectivity index (χ4n) is 1.72. The van der Waals surface area contributed by atoms with Crippen LogP contribution in [0.25, 0.3) is 11.3 Å². The van der Waals surface area contributed by atoms with Crippen molar-refractivity contribution in [2.24, 2.45) is 0 Å². The molecule has 0 aliphatic carbocycles. The Morgan fingerprint density at radius 3 is 2.56 bits per heavy atom. The minimum absolute atomic E-state index is 0.0830. The van der Waals surface area contributed by atoms with Gasteiger partial charge in [-0.05, 0) is 13.0 Å². The van der Waals surface area contributed by atoms with Gasteiger partial charge >= 0.3 is 5.97 Å². The number of carboxylic acids is 1. The Kier molecular flexibility index (Phi) is 3.43. The Morgan fingerprint density at radius 2 is 2.00 bits per heavy atom. The summed E-state index contributed by atoms with van der Waals surface area (Å²) in [5.41, 5.74) is 2.67. The number of carbonyl (C=O) groups is 1. The van der Waals surface area contributed by atoms with E-state index in [1.54, 1.807) is 0 Å². The number of aromatic carboxylic acids is 1. The molecule has 2 N–H and O–H groups in total. The molecule has 0 amide bonds. The molecule has 0 aliphatic rings. The third-order valence-electron chi connectivity index (χ3n) is 2.66. The molecule has 0 atom stereocenters. The van der Waals surface area contributed by atoms with Crippen LogP contribution < -0.4 is 0 Å². The summed E-state index contributed by atoms with van der Waals surface area (Å²) in [5, 5.41) is 22.1. The summed E-state index contributed by atoms with van der Waals surface area (Å²) in [6.07, 6.45) is 0. The first-order valence-electron chi connectivity index (χ1n) is 5.61.